The van der Waals surface area contributed by atoms with E-state index in [1.165, 1.54) is 0 Å². The molecular weight excluding hydrogens is 240 g/mol. The van der Waals surface area contributed by atoms with Gasteiger partial charge in [-0.25, -0.2) is 0 Å². The van der Waals surface area contributed by atoms with E-state index in [9.17, 15) is 4.79 Å². The SMILES string of the molecule is CCNC(=O)c1cc(N2CC(C)NCC2C)ccn1. The molecule has 2 unspecified atom stereocenters. The zero-order chi connectivity index (χ0) is 13.8. The summed E-state index contributed by atoms with van der Waals surface area (Å²) in [4.78, 5) is 18.3. The Morgan fingerprint density at radius 3 is 3.11 bits per heavy atom. The van der Waals surface area contributed by atoms with Gasteiger partial charge in [0.05, 0.1) is 0 Å². The average molecular weight is 262 g/mol. The number of aromatic nitrogens is 1. The van der Waals surface area contributed by atoms with E-state index in [4.69, 9.17) is 0 Å². The van der Waals surface area contributed by atoms with Crippen molar-refractivity contribution in [2.75, 3.05) is 24.5 Å². The van der Waals surface area contributed by atoms with E-state index in [2.05, 4.69) is 34.4 Å². The van der Waals surface area contributed by atoms with Crippen molar-refractivity contribution in [1.82, 2.24) is 15.6 Å². The molecule has 0 aromatic carbocycles. The third-order valence-corrected chi connectivity index (χ3v) is 3.41. The summed E-state index contributed by atoms with van der Waals surface area (Å²) in [7, 11) is 0. The van der Waals surface area contributed by atoms with Gasteiger partial charge < -0.3 is 15.5 Å². The fourth-order valence-corrected chi connectivity index (χ4v) is 2.35. The predicted molar refractivity (Wildman–Crippen MR) is 76.5 cm³/mol. The fraction of sp³-hybridized carbons (Fsp3) is 0.571. The molecule has 1 aliphatic heterocycles. The van der Waals surface area contributed by atoms with Gasteiger partial charge in [-0.15, -0.1) is 0 Å². The lowest BCUT2D eigenvalue weighted by Crippen LogP contribution is -2.54. The Labute approximate surface area is 114 Å². The highest BCUT2D eigenvalue weighted by atomic mass is 16.1. The number of piperazine rings is 1. The number of pyridine rings is 1. The van der Waals surface area contributed by atoms with Crippen LogP contribution in [0.2, 0.25) is 0 Å². The van der Waals surface area contributed by atoms with Gasteiger partial charge in [-0.3, -0.25) is 9.78 Å². The van der Waals surface area contributed by atoms with Gasteiger partial charge in [0.25, 0.3) is 5.91 Å². The molecule has 104 valence electrons. The van der Waals surface area contributed by atoms with Crippen molar-refractivity contribution in [3.8, 4) is 0 Å². The third kappa shape index (κ3) is 3.23. The maximum absolute atomic E-state index is 11.8. The van der Waals surface area contributed by atoms with E-state index in [1.807, 2.05) is 19.1 Å². The lowest BCUT2D eigenvalue weighted by Gasteiger charge is -2.39. The Morgan fingerprint density at radius 2 is 2.37 bits per heavy atom. The van der Waals surface area contributed by atoms with E-state index in [0.717, 1.165) is 18.8 Å². The molecule has 2 rings (SSSR count). The maximum atomic E-state index is 11.8. The molecule has 1 aromatic rings. The molecule has 5 heteroatoms. The summed E-state index contributed by atoms with van der Waals surface area (Å²) < 4.78 is 0. The Hall–Kier alpha value is -1.62. The summed E-state index contributed by atoms with van der Waals surface area (Å²) >= 11 is 0. The van der Waals surface area contributed by atoms with Crippen LogP contribution in [0.4, 0.5) is 5.69 Å². The topological polar surface area (TPSA) is 57.3 Å². The summed E-state index contributed by atoms with van der Waals surface area (Å²) in [5.41, 5.74) is 1.55. The van der Waals surface area contributed by atoms with Crippen LogP contribution in [0.3, 0.4) is 0 Å². The zero-order valence-electron chi connectivity index (χ0n) is 11.8. The minimum Gasteiger partial charge on any atom is -0.366 e. The number of anilines is 1. The maximum Gasteiger partial charge on any atom is 0.269 e. The fourth-order valence-electron chi connectivity index (χ4n) is 2.35. The molecule has 1 saturated heterocycles. The van der Waals surface area contributed by atoms with Crippen molar-refractivity contribution >= 4 is 11.6 Å². The van der Waals surface area contributed by atoms with E-state index < -0.39 is 0 Å². The smallest absolute Gasteiger partial charge is 0.269 e. The number of nitrogens with zero attached hydrogens (tertiary/aromatic N) is 2. The molecule has 0 saturated carbocycles. The van der Waals surface area contributed by atoms with Crippen LogP contribution in [0.25, 0.3) is 0 Å². The molecule has 0 bridgehead atoms. The highest BCUT2D eigenvalue weighted by Gasteiger charge is 2.23. The first-order chi connectivity index (χ1) is 9.11. The van der Waals surface area contributed by atoms with Crippen LogP contribution in [-0.2, 0) is 0 Å². The quantitative estimate of drug-likeness (QED) is 0.854. The number of carbonyl (C=O) groups excluding carboxylic acids is 1. The molecule has 2 heterocycles. The summed E-state index contributed by atoms with van der Waals surface area (Å²) in [6.45, 7) is 8.78. The zero-order valence-corrected chi connectivity index (χ0v) is 11.8. The lowest BCUT2D eigenvalue weighted by atomic mass is 10.1. The largest absolute Gasteiger partial charge is 0.366 e. The third-order valence-electron chi connectivity index (χ3n) is 3.41. The first-order valence-corrected chi connectivity index (χ1v) is 6.86. The molecule has 19 heavy (non-hydrogen) atoms. The summed E-state index contributed by atoms with van der Waals surface area (Å²) in [6, 6.07) is 4.72. The van der Waals surface area contributed by atoms with Crippen LogP contribution in [0, 0.1) is 0 Å². The molecule has 2 N–H and O–H groups in total. The van der Waals surface area contributed by atoms with Crippen LogP contribution in [0.1, 0.15) is 31.3 Å². The molecule has 0 radical (unpaired) electrons. The monoisotopic (exact) mass is 262 g/mol. The minimum absolute atomic E-state index is 0.111. The molecule has 5 nitrogen and oxygen atoms in total. The van der Waals surface area contributed by atoms with Crippen molar-refractivity contribution in [2.24, 2.45) is 0 Å². The van der Waals surface area contributed by atoms with Gasteiger partial charge in [0.15, 0.2) is 0 Å². The van der Waals surface area contributed by atoms with Crippen molar-refractivity contribution in [2.45, 2.75) is 32.9 Å². The van der Waals surface area contributed by atoms with Crippen LogP contribution in [0.15, 0.2) is 18.3 Å². The van der Waals surface area contributed by atoms with Crippen LogP contribution in [-0.4, -0.2) is 42.6 Å². The van der Waals surface area contributed by atoms with E-state index >= 15 is 0 Å². The average Bonchev–Trinajstić information content (AvgIpc) is 2.42. The van der Waals surface area contributed by atoms with Gasteiger partial charge in [-0.05, 0) is 32.9 Å². The molecular formula is C14H22N4O. The Bertz CT molecular complexity index is 449. The van der Waals surface area contributed by atoms with E-state index in [0.29, 0.717) is 24.3 Å². The van der Waals surface area contributed by atoms with E-state index in [-0.39, 0.29) is 5.91 Å². The van der Waals surface area contributed by atoms with Crippen molar-refractivity contribution in [3.63, 3.8) is 0 Å². The molecule has 1 aliphatic rings. The minimum atomic E-state index is -0.111. The highest BCUT2D eigenvalue weighted by molar-refractivity contribution is 5.93. The van der Waals surface area contributed by atoms with Gasteiger partial charge in [-0.1, -0.05) is 0 Å². The molecule has 0 spiro atoms. The predicted octanol–water partition coefficient (Wildman–Crippen LogP) is 1.02. The molecule has 1 fully saturated rings. The van der Waals surface area contributed by atoms with Gasteiger partial charge >= 0.3 is 0 Å². The molecule has 0 aliphatic carbocycles. The first-order valence-electron chi connectivity index (χ1n) is 6.86. The number of rotatable bonds is 3. The van der Waals surface area contributed by atoms with Crippen LogP contribution < -0.4 is 15.5 Å². The molecule has 1 amide bonds. The second-order valence-electron chi connectivity index (χ2n) is 5.07. The standard InChI is InChI=1S/C14H22N4O/c1-4-15-14(19)13-7-12(5-6-16-13)18-9-10(2)17-8-11(18)3/h5-7,10-11,17H,4,8-9H2,1-3H3,(H,15,19). The number of hydrogen-bond acceptors (Lipinski definition) is 4. The van der Waals surface area contributed by atoms with Gasteiger partial charge in [-0.2, -0.15) is 0 Å². The van der Waals surface area contributed by atoms with Gasteiger partial charge in [0.1, 0.15) is 5.69 Å². The lowest BCUT2D eigenvalue weighted by molar-refractivity contribution is 0.0951. The second kappa shape index (κ2) is 6.02. The van der Waals surface area contributed by atoms with Crippen molar-refractivity contribution in [3.05, 3.63) is 24.0 Å². The Kier molecular flexibility index (Phi) is 4.37. The second-order valence-corrected chi connectivity index (χ2v) is 5.07. The van der Waals surface area contributed by atoms with E-state index in [1.54, 1.807) is 6.20 Å². The molecule has 2 atom stereocenters. The first kappa shape index (κ1) is 13.8. The number of amides is 1. The number of carbonyl (C=O) groups is 1. The summed E-state index contributed by atoms with van der Waals surface area (Å²) in [5, 5.41) is 6.23. The molecule has 1 aromatic heterocycles. The van der Waals surface area contributed by atoms with Crippen molar-refractivity contribution < 1.29 is 4.79 Å². The van der Waals surface area contributed by atoms with Crippen molar-refractivity contribution in [1.29, 1.82) is 0 Å². The Balaban J connectivity index is 2.20. The number of nitrogens with one attached hydrogen (secondary N) is 2. The summed E-state index contributed by atoms with van der Waals surface area (Å²) in [6.07, 6.45) is 1.71. The Morgan fingerprint density at radius 1 is 1.58 bits per heavy atom. The summed E-state index contributed by atoms with van der Waals surface area (Å²) in [5.74, 6) is -0.111. The van der Waals surface area contributed by atoms with Crippen LogP contribution in [0.5, 0.6) is 0 Å². The van der Waals surface area contributed by atoms with Crippen LogP contribution >= 0.6 is 0 Å². The van der Waals surface area contributed by atoms with Gasteiger partial charge in [0, 0.05) is 43.6 Å². The highest BCUT2D eigenvalue weighted by Crippen LogP contribution is 2.20. The van der Waals surface area contributed by atoms with Gasteiger partial charge in [0.2, 0.25) is 0 Å². The number of hydrogen-bond donors (Lipinski definition) is 2. The normalized spacial score (nSPS) is 23.2.